The van der Waals surface area contributed by atoms with E-state index in [2.05, 4.69) is 69.0 Å². The maximum Gasteiger partial charge on any atom is 0.315 e. The summed E-state index contributed by atoms with van der Waals surface area (Å²) in [5, 5.41) is 6.21. The second-order valence-corrected chi connectivity index (χ2v) is 8.01. The minimum atomic E-state index is -0.0730. The van der Waals surface area contributed by atoms with E-state index in [4.69, 9.17) is 0 Å². The highest BCUT2D eigenvalue weighted by Crippen LogP contribution is 2.27. The number of nitrogens with zero attached hydrogens (tertiary/aromatic N) is 2. The van der Waals surface area contributed by atoms with Crippen LogP contribution in [-0.2, 0) is 0 Å². The van der Waals surface area contributed by atoms with Crippen molar-refractivity contribution in [2.24, 2.45) is 0 Å². The van der Waals surface area contributed by atoms with E-state index in [1.54, 1.807) is 0 Å². The van der Waals surface area contributed by atoms with Crippen LogP contribution in [0.25, 0.3) is 0 Å². The summed E-state index contributed by atoms with van der Waals surface area (Å²) in [6.45, 7) is 2.45. The van der Waals surface area contributed by atoms with E-state index >= 15 is 0 Å². The van der Waals surface area contributed by atoms with Gasteiger partial charge in [-0.3, -0.25) is 0 Å². The topological polar surface area (TPSA) is 57.3 Å². The van der Waals surface area contributed by atoms with Gasteiger partial charge in [0.1, 0.15) is 5.82 Å². The van der Waals surface area contributed by atoms with E-state index in [9.17, 15) is 4.79 Å². The van der Waals surface area contributed by atoms with Gasteiger partial charge in [0.2, 0.25) is 0 Å². The molecule has 0 bridgehead atoms. The molecule has 0 aliphatic carbocycles. The van der Waals surface area contributed by atoms with Gasteiger partial charge in [-0.25, -0.2) is 9.78 Å². The van der Waals surface area contributed by atoms with Crippen molar-refractivity contribution in [1.29, 1.82) is 0 Å². The molecule has 160 valence electrons. The molecule has 5 heteroatoms. The SMILES string of the molecule is O=C(NCCC(c1ccccc1)c1ccccc1)NC1CCN(c2ccccn2)CC1. The van der Waals surface area contributed by atoms with Crippen LogP contribution in [0.2, 0.25) is 0 Å². The van der Waals surface area contributed by atoms with Gasteiger partial charge in [-0.05, 0) is 42.5 Å². The lowest BCUT2D eigenvalue weighted by Crippen LogP contribution is -2.48. The Balaban J connectivity index is 1.25. The fourth-order valence-corrected chi connectivity index (χ4v) is 4.26. The van der Waals surface area contributed by atoms with Crippen LogP contribution in [0.4, 0.5) is 10.6 Å². The molecule has 3 aromatic rings. The average molecular weight is 415 g/mol. The normalized spacial score (nSPS) is 14.4. The lowest BCUT2D eigenvalue weighted by Gasteiger charge is -2.33. The summed E-state index contributed by atoms with van der Waals surface area (Å²) in [5.74, 6) is 1.28. The maximum absolute atomic E-state index is 12.5. The van der Waals surface area contributed by atoms with Crippen LogP contribution >= 0.6 is 0 Å². The third kappa shape index (κ3) is 5.85. The summed E-state index contributed by atoms with van der Waals surface area (Å²) in [4.78, 5) is 19.2. The van der Waals surface area contributed by atoms with Gasteiger partial charge < -0.3 is 15.5 Å². The highest BCUT2D eigenvalue weighted by Gasteiger charge is 2.21. The number of urea groups is 1. The molecule has 0 radical (unpaired) electrons. The van der Waals surface area contributed by atoms with Gasteiger partial charge >= 0.3 is 6.03 Å². The summed E-state index contributed by atoms with van der Waals surface area (Å²) in [6, 6.07) is 27.1. The largest absolute Gasteiger partial charge is 0.356 e. The van der Waals surface area contributed by atoms with Crippen molar-refractivity contribution in [1.82, 2.24) is 15.6 Å². The molecular formula is C26H30N4O. The van der Waals surface area contributed by atoms with Gasteiger partial charge in [-0.2, -0.15) is 0 Å². The van der Waals surface area contributed by atoms with Crippen LogP contribution in [0.15, 0.2) is 85.1 Å². The van der Waals surface area contributed by atoms with Crippen LogP contribution in [0.1, 0.15) is 36.3 Å². The number of carbonyl (C=O) groups is 1. The van der Waals surface area contributed by atoms with E-state index in [1.165, 1.54) is 11.1 Å². The number of aromatic nitrogens is 1. The number of hydrogen-bond donors (Lipinski definition) is 2. The monoisotopic (exact) mass is 414 g/mol. The number of amides is 2. The van der Waals surface area contributed by atoms with Crippen molar-refractivity contribution in [3.05, 3.63) is 96.2 Å². The average Bonchev–Trinajstić information content (AvgIpc) is 2.84. The van der Waals surface area contributed by atoms with E-state index in [1.807, 2.05) is 36.5 Å². The molecule has 4 rings (SSSR count). The predicted octanol–water partition coefficient (Wildman–Crippen LogP) is 4.57. The first-order valence-corrected chi connectivity index (χ1v) is 11.1. The van der Waals surface area contributed by atoms with Crippen molar-refractivity contribution in [3.63, 3.8) is 0 Å². The molecule has 0 saturated carbocycles. The van der Waals surface area contributed by atoms with E-state index < -0.39 is 0 Å². The third-order valence-corrected chi connectivity index (χ3v) is 5.93. The van der Waals surface area contributed by atoms with Gasteiger partial charge in [0.05, 0.1) is 0 Å². The Kier molecular flexibility index (Phi) is 7.16. The van der Waals surface area contributed by atoms with Crippen LogP contribution < -0.4 is 15.5 Å². The summed E-state index contributed by atoms with van der Waals surface area (Å²) in [5.41, 5.74) is 2.55. The van der Waals surface area contributed by atoms with Crippen LogP contribution in [0, 0.1) is 0 Å². The predicted molar refractivity (Wildman–Crippen MR) is 125 cm³/mol. The molecule has 5 nitrogen and oxygen atoms in total. The van der Waals surface area contributed by atoms with Crippen molar-refractivity contribution >= 4 is 11.8 Å². The molecule has 1 aliphatic heterocycles. The summed E-state index contributed by atoms with van der Waals surface area (Å²) >= 11 is 0. The lowest BCUT2D eigenvalue weighted by atomic mass is 9.88. The van der Waals surface area contributed by atoms with Gasteiger partial charge in [0.25, 0.3) is 0 Å². The minimum Gasteiger partial charge on any atom is -0.356 e. The fourth-order valence-electron chi connectivity index (χ4n) is 4.26. The van der Waals surface area contributed by atoms with Crippen LogP contribution in [0.5, 0.6) is 0 Å². The van der Waals surface area contributed by atoms with Crippen molar-refractivity contribution < 1.29 is 4.79 Å². The Hall–Kier alpha value is -3.34. The Morgan fingerprint density at radius 3 is 2.10 bits per heavy atom. The Labute approximate surface area is 184 Å². The molecule has 1 aliphatic rings. The van der Waals surface area contributed by atoms with E-state index in [-0.39, 0.29) is 18.0 Å². The number of rotatable bonds is 7. The molecule has 0 spiro atoms. The standard InChI is InChI=1S/C26H30N4O/c31-26(29-23-15-19-30(20-16-23)25-13-7-8-17-27-25)28-18-14-24(21-9-3-1-4-10-21)22-11-5-2-6-12-22/h1-13,17,23-24H,14-16,18-20H2,(H2,28,29,31). The Morgan fingerprint density at radius 1 is 0.903 bits per heavy atom. The zero-order chi connectivity index (χ0) is 21.3. The number of piperidine rings is 1. The molecule has 2 heterocycles. The fraction of sp³-hybridized carbons (Fsp3) is 0.308. The summed E-state index contributed by atoms with van der Waals surface area (Å²) in [7, 11) is 0. The zero-order valence-electron chi connectivity index (χ0n) is 17.8. The minimum absolute atomic E-state index is 0.0730. The number of carbonyl (C=O) groups excluding carboxylic acids is 1. The zero-order valence-corrected chi connectivity index (χ0v) is 17.8. The quantitative estimate of drug-likeness (QED) is 0.595. The molecule has 1 aromatic heterocycles. The highest BCUT2D eigenvalue weighted by atomic mass is 16.2. The van der Waals surface area contributed by atoms with Gasteiger partial charge in [0.15, 0.2) is 0 Å². The number of benzene rings is 2. The smallest absolute Gasteiger partial charge is 0.315 e. The van der Waals surface area contributed by atoms with Gasteiger partial charge in [-0.1, -0.05) is 66.7 Å². The summed E-state index contributed by atoms with van der Waals surface area (Å²) in [6.07, 6.45) is 4.55. The molecule has 2 amide bonds. The lowest BCUT2D eigenvalue weighted by molar-refractivity contribution is 0.234. The first kappa shape index (κ1) is 20.9. The highest BCUT2D eigenvalue weighted by molar-refractivity contribution is 5.74. The number of nitrogens with one attached hydrogen (secondary N) is 2. The van der Waals surface area contributed by atoms with Crippen molar-refractivity contribution in [3.8, 4) is 0 Å². The number of anilines is 1. The van der Waals surface area contributed by atoms with Crippen molar-refractivity contribution in [2.75, 3.05) is 24.5 Å². The molecule has 2 N–H and O–H groups in total. The number of pyridine rings is 1. The first-order chi connectivity index (χ1) is 15.3. The molecular weight excluding hydrogens is 384 g/mol. The summed E-state index contributed by atoms with van der Waals surface area (Å²) < 4.78 is 0. The number of hydrogen-bond acceptors (Lipinski definition) is 3. The second kappa shape index (κ2) is 10.6. The van der Waals surface area contributed by atoms with Crippen molar-refractivity contribution in [2.45, 2.75) is 31.2 Å². The first-order valence-electron chi connectivity index (χ1n) is 11.1. The molecule has 0 unspecified atom stereocenters. The molecule has 0 atom stereocenters. The second-order valence-electron chi connectivity index (χ2n) is 8.01. The maximum atomic E-state index is 12.5. The van der Waals surface area contributed by atoms with E-state index in [0.29, 0.717) is 6.54 Å². The molecule has 31 heavy (non-hydrogen) atoms. The molecule has 1 saturated heterocycles. The Morgan fingerprint density at radius 2 is 1.52 bits per heavy atom. The van der Waals surface area contributed by atoms with Gasteiger partial charge in [-0.15, -0.1) is 0 Å². The van der Waals surface area contributed by atoms with Crippen LogP contribution in [-0.4, -0.2) is 36.7 Å². The van der Waals surface area contributed by atoms with E-state index in [0.717, 1.165) is 38.2 Å². The third-order valence-electron chi connectivity index (χ3n) is 5.93. The molecule has 1 fully saturated rings. The van der Waals surface area contributed by atoms with Gasteiger partial charge in [0, 0.05) is 37.8 Å². The Bertz CT molecular complexity index is 886. The molecule has 2 aromatic carbocycles. The van der Waals surface area contributed by atoms with Crippen LogP contribution in [0.3, 0.4) is 0 Å².